The summed E-state index contributed by atoms with van der Waals surface area (Å²) in [4.78, 5) is 6.34. The molecule has 5 heteroatoms. The summed E-state index contributed by atoms with van der Waals surface area (Å²) in [6, 6.07) is 7.76. The molecule has 0 radical (unpaired) electrons. The van der Waals surface area contributed by atoms with Gasteiger partial charge in [0, 0.05) is 19.3 Å². The van der Waals surface area contributed by atoms with Crippen molar-refractivity contribution in [1.82, 2.24) is 9.36 Å². The number of nitrogens with zero attached hydrogens (tertiary/aromatic N) is 3. The smallest absolute Gasteiger partial charge is 0.139 e. The molecular weight excluding hydrogens is 208 g/mol. The molecule has 0 aromatic carbocycles. The highest BCUT2D eigenvalue weighted by Crippen LogP contribution is 2.22. The number of nitrogen functional groups attached to an aromatic ring is 1. The van der Waals surface area contributed by atoms with Crippen LogP contribution in [0.15, 0.2) is 30.5 Å². The first-order valence-corrected chi connectivity index (χ1v) is 5.36. The predicted octanol–water partition coefficient (Wildman–Crippen LogP) is 1.76. The highest BCUT2D eigenvalue weighted by molar-refractivity contribution is 7.10. The van der Waals surface area contributed by atoms with Crippen molar-refractivity contribution in [2.75, 3.05) is 17.7 Å². The van der Waals surface area contributed by atoms with Crippen molar-refractivity contribution in [1.29, 1.82) is 0 Å². The Hall–Kier alpha value is -1.62. The maximum absolute atomic E-state index is 5.57. The minimum Gasteiger partial charge on any atom is -0.383 e. The van der Waals surface area contributed by atoms with Crippen LogP contribution in [0.25, 0.3) is 0 Å². The number of pyridine rings is 1. The summed E-state index contributed by atoms with van der Waals surface area (Å²) >= 11 is 1.40. The van der Waals surface area contributed by atoms with Crippen molar-refractivity contribution in [2.24, 2.45) is 0 Å². The van der Waals surface area contributed by atoms with E-state index in [0.29, 0.717) is 5.82 Å². The van der Waals surface area contributed by atoms with Crippen LogP contribution < -0.4 is 10.6 Å². The first-order valence-electron chi connectivity index (χ1n) is 4.59. The fraction of sp³-hybridized carbons (Fsp3) is 0.200. The molecule has 0 aliphatic carbocycles. The molecule has 0 saturated carbocycles. The molecule has 2 rings (SSSR count). The van der Waals surface area contributed by atoms with E-state index in [-0.39, 0.29) is 0 Å². The highest BCUT2D eigenvalue weighted by atomic mass is 32.1. The van der Waals surface area contributed by atoms with Crippen LogP contribution in [0, 0.1) is 0 Å². The van der Waals surface area contributed by atoms with Gasteiger partial charge in [-0.15, -0.1) is 0 Å². The Morgan fingerprint density at radius 1 is 1.47 bits per heavy atom. The molecule has 0 unspecified atom stereocenters. The third-order valence-electron chi connectivity index (χ3n) is 2.02. The Balaban J connectivity index is 2.07. The second-order valence-corrected chi connectivity index (χ2v) is 4.05. The van der Waals surface area contributed by atoms with Crippen molar-refractivity contribution in [3.63, 3.8) is 0 Å². The topological polar surface area (TPSA) is 55.0 Å². The van der Waals surface area contributed by atoms with Gasteiger partial charge in [0.2, 0.25) is 0 Å². The van der Waals surface area contributed by atoms with E-state index in [9.17, 15) is 0 Å². The van der Waals surface area contributed by atoms with Gasteiger partial charge in [-0.2, -0.15) is 4.37 Å². The second kappa shape index (κ2) is 4.27. The van der Waals surface area contributed by atoms with Crippen molar-refractivity contribution >= 4 is 22.4 Å². The first kappa shape index (κ1) is 9.92. The van der Waals surface area contributed by atoms with Crippen molar-refractivity contribution in [3.8, 4) is 0 Å². The molecule has 0 aliphatic rings. The summed E-state index contributed by atoms with van der Waals surface area (Å²) in [6.07, 6.45) is 1.80. The third kappa shape index (κ3) is 2.44. The van der Waals surface area contributed by atoms with E-state index in [4.69, 9.17) is 5.73 Å². The van der Waals surface area contributed by atoms with Crippen LogP contribution in [0.3, 0.4) is 0 Å². The fourth-order valence-electron chi connectivity index (χ4n) is 1.27. The Morgan fingerprint density at radius 3 is 2.93 bits per heavy atom. The SMILES string of the molecule is CN(Cc1ccccn1)c1cc(N)ns1. The minimum absolute atomic E-state index is 0.572. The maximum atomic E-state index is 5.57. The molecule has 2 N–H and O–H groups in total. The standard InChI is InChI=1S/C10H12N4S/c1-14(10-6-9(11)13-15-10)7-8-4-2-3-5-12-8/h2-6H,7H2,1H3,(H2,11,13). The van der Waals surface area contributed by atoms with Gasteiger partial charge in [-0.05, 0) is 23.7 Å². The first-order chi connectivity index (χ1) is 7.25. The van der Waals surface area contributed by atoms with Gasteiger partial charge in [0.25, 0.3) is 0 Å². The van der Waals surface area contributed by atoms with Gasteiger partial charge >= 0.3 is 0 Å². The minimum atomic E-state index is 0.572. The molecule has 0 fully saturated rings. The molecule has 15 heavy (non-hydrogen) atoms. The zero-order valence-corrected chi connectivity index (χ0v) is 9.24. The van der Waals surface area contributed by atoms with Gasteiger partial charge in [-0.25, -0.2) is 0 Å². The van der Waals surface area contributed by atoms with Gasteiger partial charge in [-0.3, -0.25) is 4.98 Å². The van der Waals surface area contributed by atoms with Gasteiger partial charge in [-0.1, -0.05) is 6.07 Å². The lowest BCUT2D eigenvalue weighted by molar-refractivity contribution is 0.894. The molecule has 0 aliphatic heterocycles. The average molecular weight is 220 g/mol. The monoisotopic (exact) mass is 220 g/mol. The van der Waals surface area contributed by atoms with Gasteiger partial charge in [0.15, 0.2) is 0 Å². The quantitative estimate of drug-likeness (QED) is 0.856. The Bertz CT molecular complexity index is 426. The van der Waals surface area contributed by atoms with Crippen LogP contribution in [0.1, 0.15) is 5.69 Å². The van der Waals surface area contributed by atoms with E-state index in [2.05, 4.69) is 14.3 Å². The number of aromatic nitrogens is 2. The van der Waals surface area contributed by atoms with Crippen LogP contribution in [0.5, 0.6) is 0 Å². The second-order valence-electron chi connectivity index (χ2n) is 3.27. The molecule has 0 saturated heterocycles. The molecule has 0 amide bonds. The van der Waals surface area contributed by atoms with Crippen LogP contribution >= 0.6 is 11.5 Å². The van der Waals surface area contributed by atoms with E-state index in [1.165, 1.54) is 11.5 Å². The number of anilines is 2. The van der Waals surface area contributed by atoms with Gasteiger partial charge in [0.05, 0.1) is 12.2 Å². The van der Waals surface area contributed by atoms with Crippen LogP contribution in [-0.4, -0.2) is 16.4 Å². The van der Waals surface area contributed by atoms with Crippen LogP contribution in [0.2, 0.25) is 0 Å². The summed E-state index contributed by atoms with van der Waals surface area (Å²) < 4.78 is 4.04. The summed E-state index contributed by atoms with van der Waals surface area (Å²) in [5.41, 5.74) is 6.60. The zero-order valence-electron chi connectivity index (χ0n) is 8.42. The van der Waals surface area contributed by atoms with Crippen molar-refractivity contribution in [3.05, 3.63) is 36.2 Å². The summed E-state index contributed by atoms with van der Waals surface area (Å²) in [6.45, 7) is 0.766. The molecule has 0 atom stereocenters. The Kier molecular flexibility index (Phi) is 2.82. The molecule has 4 nitrogen and oxygen atoms in total. The predicted molar refractivity (Wildman–Crippen MR) is 62.9 cm³/mol. The average Bonchev–Trinajstić information content (AvgIpc) is 2.66. The number of nitrogens with two attached hydrogens (primary N) is 1. The number of rotatable bonds is 3. The van der Waals surface area contributed by atoms with Crippen LogP contribution in [0.4, 0.5) is 10.8 Å². The summed E-state index contributed by atoms with van der Waals surface area (Å²) in [5.74, 6) is 0.572. The Labute approximate surface area is 92.5 Å². The molecule has 0 spiro atoms. The largest absolute Gasteiger partial charge is 0.383 e. The highest BCUT2D eigenvalue weighted by Gasteiger charge is 2.05. The summed E-state index contributed by atoms with van der Waals surface area (Å²) in [7, 11) is 2.00. The van der Waals surface area contributed by atoms with E-state index in [1.807, 2.05) is 31.3 Å². The lowest BCUT2D eigenvalue weighted by atomic mass is 10.3. The third-order valence-corrected chi connectivity index (χ3v) is 2.94. The summed E-state index contributed by atoms with van der Waals surface area (Å²) in [5, 5.41) is 1.05. The lowest BCUT2D eigenvalue weighted by Crippen LogP contribution is -2.15. The molecule has 2 aromatic heterocycles. The maximum Gasteiger partial charge on any atom is 0.139 e. The molecule has 78 valence electrons. The van der Waals surface area contributed by atoms with Gasteiger partial charge in [0.1, 0.15) is 10.8 Å². The molecule has 2 aromatic rings. The zero-order chi connectivity index (χ0) is 10.7. The number of hydrogen-bond acceptors (Lipinski definition) is 5. The molecular formula is C10H12N4S. The normalized spacial score (nSPS) is 10.2. The van der Waals surface area contributed by atoms with E-state index in [0.717, 1.165) is 17.2 Å². The van der Waals surface area contributed by atoms with Crippen molar-refractivity contribution < 1.29 is 0 Å². The lowest BCUT2D eigenvalue weighted by Gasteiger charge is -2.15. The fourth-order valence-corrected chi connectivity index (χ4v) is 1.90. The van der Waals surface area contributed by atoms with E-state index >= 15 is 0 Å². The van der Waals surface area contributed by atoms with Crippen LogP contribution in [-0.2, 0) is 6.54 Å². The van der Waals surface area contributed by atoms with Gasteiger partial charge < -0.3 is 10.6 Å². The number of hydrogen-bond donors (Lipinski definition) is 1. The van der Waals surface area contributed by atoms with Crippen molar-refractivity contribution in [2.45, 2.75) is 6.54 Å². The Morgan fingerprint density at radius 2 is 2.33 bits per heavy atom. The molecule has 2 heterocycles. The van der Waals surface area contributed by atoms with E-state index in [1.54, 1.807) is 6.20 Å². The van der Waals surface area contributed by atoms with E-state index < -0.39 is 0 Å². The molecule has 0 bridgehead atoms.